The minimum absolute atomic E-state index is 0. The number of rotatable bonds is 17. The largest absolute Gasteiger partial charge is 0.870 e. The van der Waals surface area contributed by atoms with Crippen LogP contribution < -0.4 is 76.2 Å². The van der Waals surface area contributed by atoms with Crippen molar-refractivity contribution < 1.29 is 78.6 Å². The average molecular weight is 1450 g/mol. The third-order valence-electron chi connectivity index (χ3n) is 15.6. The van der Waals surface area contributed by atoms with Gasteiger partial charge in [0.15, 0.2) is 5.95 Å². The van der Waals surface area contributed by atoms with Crippen LogP contribution in [0.2, 0.25) is 0 Å². The van der Waals surface area contributed by atoms with Crippen LogP contribution in [0.4, 0.5) is 68.8 Å². The molecule has 0 spiro atoms. The summed E-state index contributed by atoms with van der Waals surface area (Å²) in [6, 6.07) is 25.3. The highest BCUT2D eigenvalue weighted by Crippen LogP contribution is 2.41. The molecule has 35 nitrogen and oxygen atoms in total. The fraction of sp³-hybridized carbons (Fsp3) is 0.381. The summed E-state index contributed by atoms with van der Waals surface area (Å²) in [5.74, 6) is 2.74. The van der Waals surface area contributed by atoms with Gasteiger partial charge in [-0.05, 0) is 108 Å². The third-order valence-corrected chi connectivity index (χ3v) is 16.3. The summed E-state index contributed by atoms with van der Waals surface area (Å²) in [7, 11) is 11.5. The number of ether oxygens (including phenoxy) is 9. The van der Waals surface area contributed by atoms with Crippen LogP contribution in [-0.2, 0) is 25.5 Å². The maximum absolute atomic E-state index is 12.7. The van der Waals surface area contributed by atoms with E-state index in [1.807, 2.05) is 79.7 Å². The SMILES string of the molecule is COc1ccc(Br)c([NH+]=O)c1[N+](=O)[O-].COc1ccc(N2CCOCC2)c(N)c1N.COc1ccc(N2CCOCC2)c([NH+]=O)c1[N+](=O)[O-].COc1ccc(N2CCOCC2)c2nc(N)[nH]c12.COc1ccc(N2CCOCC2)c2nc(NC(=O)c3ccc(CN(C)C)cc3)[nH]c12.[OH-].[OH-]. The molecule has 36 heteroatoms. The van der Waals surface area contributed by atoms with Gasteiger partial charge < -0.3 is 105 Å². The van der Waals surface area contributed by atoms with Crippen molar-refractivity contribution in [2.75, 3.05) is 197 Å². The van der Waals surface area contributed by atoms with Gasteiger partial charge >= 0.3 is 22.7 Å². The maximum atomic E-state index is 12.7. The first-order valence-electron chi connectivity index (χ1n) is 30.5. The molecular weight excluding hydrogens is 1360 g/mol. The Bertz CT molecular complexity index is 4010. The molecule has 0 radical (unpaired) electrons. The quantitative estimate of drug-likeness (QED) is 0.0344. The molecule has 0 atom stereocenters. The Morgan fingerprint density at radius 2 is 0.929 bits per heavy atom. The molecule has 534 valence electrons. The number of nitrogens with one attached hydrogen (secondary N) is 5. The van der Waals surface area contributed by atoms with Crippen molar-refractivity contribution in [3.63, 3.8) is 0 Å². The highest BCUT2D eigenvalue weighted by molar-refractivity contribution is 9.10. The molecule has 12 rings (SSSR count). The molecule has 99 heavy (non-hydrogen) atoms. The number of carbonyl (C=O) groups excluding carboxylic acids is 1. The van der Waals surface area contributed by atoms with E-state index in [2.05, 4.69) is 60.8 Å². The number of amides is 1. The zero-order valence-electron chi connectivity index (χ0n) is 55.7. The number of nitro groups is 2. The van der Waals surface area contributed by atoms with Gasteiger partial charge in [-0.2, -0.15) is 0 Å². The zero-order valence-corrected chi connectivity index (χ0v) is 57.3. The normalized spacial score (nSPS) is 14.2. The lowest BCUT2D eigenvalue weighted by Crippen LogP contribution is -2.57. The number of aromatic nitrogens is 4. The van der Waals surface area contributed by atoms with Crippen LogP contribution in [0.5, 0.6) is 28.7 Å². The van der Waals surface area contributed by atoms with E-state index in [0.717, 1.165) is 123 Å². The Balaban J connectivity index is 0.000000200. The van der Waals surface area contributed by atoms with Gasteiger partial charge in [0.05, 0.1) is 127 Å². The van der Waals surface area contributed by atoms with Crippen LogP contribution in [0.15, 0.2) is 89.4 Å². The number of halogens is 1. The Kier molecular flexibility index (Phi) is 29.2. The highest BCUT2D eigenvalue weighted by atomic mass is 79.9. The van der Waals surface area contributed by atoms with Crippen LogP contribution in [0.1, 0.15) is 15.9 Å². The van der Waals surface area contributed by atoms with Gasteiger partial charge in [0.1, 0.15) is 49.5 Å². The van der Waals surface area contributed by atoms with Crippen molar-refractivity contribution in [2.24, 2.45) is 0 Å². The van der Waals surface area contributed by atoms with Gasteiger partial charge in [-0.15, -0.1) is 0 Å². The number of nitro benzene ring substituents is 2. The van der Waals surface area contributed by atoms with E-state index < -0.39 is 9.85 Å². The number of nitrogens with zero attached hydrogens (tertiary/aromatic N) is 9. The molecule has 2 aromatic heterocycles. The van der Waals surface area contributed by atoms with Crippen molar-refractivity contribution in [1.29, 1.82) is 0 Å². The summed E-state index contributed by atoms with van der Waals surface area (Å²) in [4.78, 5) is 80.7. The predicted octanol–water partition coefficient (Wildman–Crippen LogP) is 4.82. The fourth-order valence-electron chi connectivity index (χ4n) is 10.9. The number of aromatic amines is 2. The molecule has 13 N–H and O–H groups in total. The van der Waals surface area contributed by atoms with Crippen LogP contribution in [0.3, 0.4) is 0 Å². The molecule has 4 fully saturated rings. The second-order valence-corrected chi connectivity index (χ2v) is 22.7. The number of morpholine rings is 4. The molecule has 0 aliphatic carbocycles. The lowest BCUT2D eigenvalue weighted by Gasteiger charge is -2.30. The number of methoxy groups -OCH3 is 5. The van der Waals surface area contributed by atoms with E-state index in [1.165, 1.54) is 37.6 Å². The summed E-state index contributed by atoms with van der Waals surface area (Å²) in [5, 5.41) is 27.8. The highest BCUT2D eigenvalue weighted by Gasteiger charge is 2.34. The predicted molar refractivity (Wildman–Crippen MR) is 374 cm³/mol. The van der Waals surface area contributed by atoms with Gasteiger partial charge in [-0.3, -0.25) is 30.3 Å². The summed E-state index contributed by atoms with van der Waals surface area (Å²) in [6.45, 7) is 12.4. The molecule has 6 heterocycles. The standard InChI is InChI=1S/C22H27N5O3.C12H16N4O2.C11H13N3O5.C11H17N3O2.C7H5BrN2O4.2H2O/c1-26(2)14-15-4-6-16(7-5-15)21(28)25-22-23-19-17(27-10-12-30-13-11-27)8-9-18(29-3)20(19)24-22;1-17-9-3-2-8(16-4-6-18-7-5-16)10-11(9)15-12(13)14-10;1-18-9-3-2-8(13-4-6-19-7-5-13)10(12-15)11(9)14(16)17;1-15-9-3-2-8(10(12)11(9)13)14-4-6-16-7-5-14;1-14-5-3-2-4(8)6(9-11)7(5)10(12)13;;/h4-9H,10-14H2,1-3H3,(H2,23,24,25,28);2-3H,4-7H2,1H3,(H3,13,14,15);2-3H,4-7H2,1H3;2-3H,4-7,12-13H2,1H3;2-3H,1H3;2*1H2. The molecule has 6 aromatic carbocycles. The first-order valence-corrected chi connectivity index (χ1v) is 31.3. The molecule has 0 unspecified atom stereocenters. The smallest absolute Gasteiger partial charge is 0.387 e. The molecule has 0 bridgehead atoms. The van der Waals surface area contributed by atoms with Crippen molar-refractivity contribution in [3.8, 4) is 28.7 Å². The summed E-state index contributed by atoms with van der Waals surface area (Å²) < 4.78 is 47.3. The Labute approximate surface area is 576 Å². The van der Waals surface area contributed by atoms with Gasteiger partial charge in [0, 0.05) is 84.6 Å². The van der Waals surface area contributed by atoms with E-state index in [4.69, 9.17) is 59.8 Å². The van der Waals surface area contributed by atoms with E-state index >= 15 is 0 Å². The van der Waals surface area contributed by atoms with Gasteiger partial charge in [0.2, 0.25) is 17.4 Å². The van der Waals surface area contributed by atoms with E-state index in [0.29, 0.717) is 90.0 Å². The Morgan fingerprint density at radius 3 is 1.37 bits per heavy atom. The number of nitrogen functional groups attached to an aromatic ring is 3. The number of hydrogen-bond donors (Lipinski definition) is 8. The van der Waals surface area contributed by atoms with Crippen LogP contribution >= 0.6 is 15.9 Å². The van der Waals surface area contributed by atoms with Crippen molar-refractivity contribution >= 4 is 113 Å². The first-order chi connectivity index (χ1) is 46.9. The number of imidazole rings is 2. The van der Waals surface area contributed by atoms with Crippen LogP contribution in [0, 0.1) is 30.0 Å². The van der Waals surface area contributed by atoms with Crippen LogP contribution in [-0.4, -0.2) is 206 Å². The van der Waals surface area contributed by atoms with Gasteiger partial charge in [-0.1, -0.05) is 12.1 Å². The van der Waals surface area contributed by atoms with Crippen LogP contribution in [0.25, 0.3) is 22.1 Å². The fourth-order valence-corrected chi connectivity index (χ4v) is 11.3. The maximum Gasteiger partial charge on any atom is 0.387 e. The Morgan fingerprint density at radius 1 is 0.545 bits per heavy atom. The van der Waals surface area contributed by atoms with E-state index in [1.54, 1.807) is 32.6 Å². The minimum Gasteiger partial charge on any atom is -0.870 e. The molecular formula is C63H82BrN17O18. The Hall–Kier alpha value is -10.5. The van der Waals surface area contributed by atoms with Crippen molar-refractivity contribution in [1.82, 2.24) is 24.8 Å². The van der Waals surface area contributed by atoms with Gasteiger partial charge in [0.25, 0.3) is 5.91 Å². The molecule has 4 saturated heterocycles. The number of nitrogens with two attached hydrogens (primary N) is 3. The van der Waals surface area contributed by atoms with Crippen molar-refractivity contribution in [3.05, 3.63) is 131 Å². The zero-order chi connectivity index (χ0) is 69.7. The first kappa shape index (κ1) is 77.5. The second kappa shape index (κ2) is 37.3. The molecule has 8 aromatic rings. The van der Waals surface area contributed by atoms with Gasteiger partial charge in [-0.25, -0.2) is 9.97 Å². The summed E-state index contributed by atoms with van der Waals surface area (Å²) in [5.41, 5.74) is 26.3. The number of carbonyl (C=O) groups is 1. The third kappa shape index (κ3) is 19.2. The molecule has 0 saturated carbocycles. The monoisotopic (exact) mass is 1440 g/mol. The lowest BCUT2D eigenvalue weighted by molar-refractivity contribution is -0.422. The lowest BCUT2D eigenvalue weighted by atomic mass is 10.1. The number of H-pyrrole nitrogens is 2. The average Bonchev–Trinajstić information content (AvgIpc) is 1.68. The number of benzene rings is 6. The number of nitroso groups, excluding NO2 is 2. The number of fused-ring (bicyclic) bond motifs is 2. The molecule has 1 amide bonds. The molecule has 4 aliphatic heterocycles. The number of anilines is 8. The second-order valence-electron chi connectivity index (χ2n) is 21.8. The van der Waals surface area contributed by atoms with E-state index in [-0.39, 0.29) is 51.1 Å². The molecule has 4 aliphatic rings. The minimum atomic E-state index is -0.677. The number of hydrogen-bond acceptors (Lipinski definition) is 28. The summed E-state index contributed by atoms with van der Waals surface area (Å²) >= 11 is 3.02. The van der Waals surface area contributed by atoms with E-state index in [9.17, 15) is 34.8 Å². The van der Waals surface area contributed by atoms with Crippen molar-refractivity contribution in [2.45, 2.75) is 6.54 Å². The summed E-state index contributed by atoms with van der Waals surface area (Å²) in [6.07, 6.45) is 0. The topological polar surface area (TPSA) is 472 Å².